The first-order valence-corrected chi connectivity index (χ1v) is 16.3. The molecule has 0 spiro atoms. The number of anilines is 1. The first-order chi connectivity index (χ1) is 18.6. The van der Waals surface area contributed by atoms with E-state index in [9.17, 15) is 13.6 Å². The molecule has 4 heterocycles. The van der Waals surface area contributed by atoms with E-state index in [0.29, 0.717) is 22.4 Å². The number of hydrogen-bond donors (Lipinski definition) is 2. The zero-order valence-electron chi connectivity index (χ0n) is 22.7. The van der Waals surface area contributed by atoms with Gasteiger partial charge in [0.15, 0.2) is 23.1 Å². The van der Waals surface area contributed by atoms with Gasteiger partial charge in [0.1, 0.15) is 5.82 Å². The van der Waals surface area contributed by atoms with Crippen molar-refractivity contribution in [2.24, 2.45) is 5.73 Å². The van der Waals surface area contributed by atoms with Gasteiger partial charge >= 0.3 is 0 Å². The van der Waals surface area contributed by atoms with Crippen molar-refractivity contribution < 1.29 is 13.6 Å². The summed E-state index contributed by atoms with van der Waals surface area (Å²) in [6, 6.07) is 1.37. The van der Waals surface area contributed by atoms with Crippen LogP contribution in [-0.4, -0.2) is 57.4 Å². The van der Waals surface area contributed by atoms with E-state index >= 15 is 0 Å². The number of aromatic nitrogens is 4. The van der Waals surface area contributed by atoms with Crippen molar-refractivity contribution in [2.45, 2.75) is 65.2 Å². The van der Waals surface area contributed by atoms with Gasteiger partial charge < -0.3 is 16.0 Å². The van der Waals surface area contributed by atoms with Crippen LogP contribution < -0.4 is 11.1 Å². The Kier molecular flexibility index (Phi) is 17.8. The van der Waals surface area contributed by atoms with Crippen molar-refractivity contribution in [3.63, 3.8) is 0 Å². The molecule has 0 radical (unpaired) electrons. The Balaban J connectivity index is 0.000000346. The smallest absolute Gasteiger partial charge is 0.209 e. The van der Waals surface area contributed by atoms with Crippen LogP contribution >= 0.6 is 30.3 Å². The molecule has 212 valence electrons. The third kappa shape index (κ3) is 10.6. The summed E-state index contributed by atoms with van der Waals surface area (Å²) in [5, 5.41) is 3.23. The van der Waals surface area contributed by atoms with E-state index < -0.39 is 11.6 Å². The summed E-state index contributed by atoms with van der Waals surface area (Å²) in [5.74, 6) is -0.594. The number of amides is 1. The Labute approximate surface area is 241 Å². The zero-order chi connectivity index (χ0) is 28.3. The quantitative estimate of drug-likeness (QED) is 0.233. The van der Waals surface area contributed by atoms with Crippen LogP contribution in [0.5, 0.6) is 0 Å². The summed E-state index contributed by atoms with van der Waals surface area (Å²) in [6.07, 6.45) is 16.3. The lowest BCUT2D eigenvalue weighted by Crippen LogP contribution is -2.15. The number of fused-ring (bicyclic) bond motifs is 1. The Morgan fingerprint density at radius 2 is 1.58 bits per heavy atom. The van der Waals surface area contributed by atoms with Gasteiger partial charge in [0, 0.05) is 67.6 Å². The van der Waals surface area contributed by atoms with Gasteiger partial charge in [-0.2, -0.15) is 0 Å². The van der Waals surface area contributed by atoms with Crippen LogP contribution in [0.2, 0.25) is 0 Å². The van der Waals surface area contributed by atoms with E-state index in [-0.39, 0.29) is 5.82 Å². The molecule has 1 aliphatic heterocycles. The third-order valence-electron chi connectivity index (χ3n) is 5.66. The van der Waals surface area contributed by atoms with Gasteiger partial charge in [-0.15, -0.1) is 0 Å². The van der Waals surface area contributed by atoms with Crippen LogP contribution in [0.15, 0.2) is 24.7 Å². The van der Waals surface area contributed by atoms with Crippen LogP contribution in [0, 0.1) is 11.6 Å². The second-order valence-corrected chi connectivity index (χ2v) is 9.79. The van der Waals surface area contributed by atoms with Gasteiger partial charge in [-0.05, 0) is 26.0 Å². The molecule has 5 rings (SSSR count). The molecule has 12 heteroatoms. The van der Waals surface area contributed by atoms with E-state index in [4.69, 9.17) is 0 Å². The molecular formula is C26H40F2IN7OS. The number of likely N-dealkylation sites (tertiary alicyclic amines) is 1. The zero-order valence-corrected chi connectivity index (χ0v) is 25.7. The van der Waals surface area contributed by atoms with Crippen molar-refractivity contribution in [3.8, 4) is 11.4 Å². The van der Waals surface area contributed by atoms with Gasteiger partial charge in [0.05, 0.1) is 12.4 Å². The molecule has 0 unspecified atom stereocenters. The highest BCUT2D eigenvalue weighted by molar-refractivity contribution is 14.2. The molecule has 1 aliphatic carbocycles. The summed E-state index contributed by atoms with van der Waals surface area (Å²) in [7, 11) is 4.46. The summed E-state index contributed by atoms with van der Waals surface area (Å²) in [4.78, 5) is 23.9. The first kappa shape index (κ1) is 34.0. The molecule has 8 nitrogen and oxygen atoms in total. The number of carbonyl (C=O) groups is 1. The van der Waals surface area contributed by atoms with Gasteiger partial charge in [-0.25, -0.2) is 23.7 Å². The van der Waals surface area contributed by atoms with Gasteiger partial charge in [0.25, 0.3) is 0 Å². The van der Waals surface area contributed by atoms with Crippen LogP contribution in [0.1, 0.15) is 65.2 Å². The topological polar surface area (TPSA) is 102 Å². The highest BCUT2D eigenvalue weighted by Crippen LogP contribution is 2.33. The fraction of sp³-hybridized carbons (Fsp3) is 0.538. The molecule has 2 fully saturated rings. The normalized spacial score (nSPS) is 13.9. The molecule has 1 saturated carbocycles. The number of rotatable bonds is 4. The molecule has 1 saturated heterocycles. The number of carbonyl (C=O) groups excluding carboxylic acids is 1. The summed E-state index contributed by atoms with van der Waals surface area (Å²) in [5.41, 5.74) is 5.70. The van der Waals surface area contributed by atoms with Crippen molar-refractivity contribution in [1.29, 1.82) is 0 Å². The summed E-state index contributed by atoms with van der Waals surface area (Å²) < 4.78 is 28.7. The number of nitrogens with zero attached hydrogens (tertiary/aromatic N) is 5. The molecule has 3 N–H and O–H groups in total. The van der Waals surface area contributed by atoms with Crippen molar-refractivity contribution in [3.05, 3.63) is 36.3 Å². The number of halogens is 3. The second-order valence-electron chi connectivity index (χ2n) is 8.07. The average molecular weight is 664 g/mol. The second kappa shape index (κ2) is 19.9. The molecule has 38 heavy (non-hydrogen) atoms. The maximum Gasteiger partial charge on any atom is 0.209 e. The number of hydrogen-bond acceptors (Lipinski definition) is 7. The maximum absolute atomic E-state index is 13.5. The van der Waals surface area contributed by atoms with Crippen molar-refractivity contribution >= 4 is 53.6 Å². The Morgan fingerprint density at radius 3 is 2.05 bits per heavy atom. The average Bonchev–Trinajstić information content (AvgIpc) is 3.65. The van der Waals surface area contributed by atoms with Crippen LogP contribution in [-0.2, 0) is 4.79 Å². The van der Waals surface area contributed by atoms with Crippen molar-refractivity contribution in [1.82, 2.24) is 23.8 Å². The van der Waals surface area contributed by atoms with Gasteiger partial charge in [-0.3, -0.25) is 8.77 Å². The Hall–Kier alpha value is -2.06. The molecule has 3 aromatic rings. The highest BCUT2D eigenvalue weighted by atomic mass is 127. The van der Waals surface area contributed by atoms with Gasteiger partial charge in [-0.1, -0.05) is 52.4 Å². The van der Waals surface area contributed by atoms with Crippen LogP contribution in [0.25, 0.3) is 22.4 Å². The molecule has 1 amide bonds. The predicted octanol–water partition coefficient (Wildman–Crippen LogP) is 6.84. The fourth-order valence-electron chi connectivity index (χ4n) is 3.86. The highest BCUT2D eigenvalue weighted by Gasteiger charge is 2.16. The Bertz CT molecular complexity index is 1070. The first-order valence-electron chi connectivity index (χ1n) is 13.0. The minimum atomic E-state index is -0.544. The molecule has 0 aromatic carbocycles. The number of nitrogens with one attached hydrogen (secondary N) is 1. The minimum absolute atomic E-state index is 0.0902. The van der Waals surface area contributed by atoms with E-state index in [2.05, 4.69) is 47.2 Å². The Morgan fingerprint density at radius 1 is 1.00 bits per heavy atom. The predicted molar refractivity (Wildman–Crippen MR) is 163 cm³/mol. The monoisotopic (exact) mass is 663 g/mol. The van der Waals surface area contributed by atoms with E-state index in [1.54, 1.807) is 22.1 Å². The van der Waals surface area contributed by atoms with Crippen LogP contribution in [0.3, 0.4) is 0 Å². The SMILES string of the molecule is C1CCCCC1.CC.CN.CNc1nc(-c2cn(SI)c3ncc(F)cc23)ncc1F.O=CN1CCCC1. The standard InChI is InChI=1S/C12H8F2IN5S.C6H12.C5H9NO.C2H6.CH5N/c1-16-11-9(14)4-17-10(19-11)8-5-20(21-15)12-7(8)2-6(13)3-18-12;1-2-4-6-5-3-1;7-5-6-3-1-2-4-6;2*1-2/h2-5H,1H3,(H,16,17,19);1-6H2;5H,1-4H2;1-2H3;2H2,1H3. The lowest BCUT2D eigenvalue weighted by Gasteiger charge is -2.05. The number of nitrogens with two attached hydrogens (primary N) is 1. The molecule has 0 bridgehead atoms. The minimum Gasteiger partial charge on any atom is -0.371 e. The molecule has 0 atom stereocenters. The lowest BCUT2D eigenvalue weighted by molar-refractivity contribution is -0.117. The van der Waals surface area contributed by atoms with Crippen molar-refractivity contribution in [2.75, 3.05) is 32.5 Å². The summed E-state index contributed by atoms with van der Waals surface area (Å²) in [6.45, 7) is 5.95. The number of pyridine rings is 1. The summed E-state index contributed by atoms with van der Waals surface area (Å²) >= 11 is 2.09. The lowest BCUT2D eigenvalue weighted by atomic mass is 10.0. The van der Waals surface area contributed by atoms with E-state index in [1.807, 2.05) is 13.8 Å². The molecule has 2 aliphatic rings. The molecule has 3 aromatic heterocycles. The van der Waals surface area contributed by atoms with Gasteiger partial charge in [0.2, 0.25) is 6.41 Å². The maximum atomic E-state index is 13.5. The van der Waals surface area contributed by atoms with Crippen LogP contribution in [0.4, 0.5) is 14.6 Å². The van der Waals surface area contributed by atoms with E-state index in [0.717, 1.165) is 31.9 Å². The largest absolute Gasteiger partial charge is 0.371 e. The fourth-order valence-corrected chi connectivity index (χ4v) is 5.12. The van der Waals surface area contributed by atoms with E-state index in [1.165, 1.54) is 73.6 Å². The molecular weight excluding hydrogens is 623 g/mol. The third-order valence-corrected chi connectivity index (χ3v) is 7.36.